The van der Waals surface area contributed by atoms with Crippen LogP contribution in [0, 0.1) is 6.92 Å². The molecule has 0 radical (unpaired) electrons. The number of benzene rings is 1. The van der Waals surface area contributed by atoms with Gasteiger partial charge in [-0.05, 0) is 25.5 Å². The van der Waals surface area contributed by atoms with Gasteiger partial charge in [0.15, 0.2) is 0 Å². The number of ketones is 1. The van der Waals surface area contributed by atoms with E-state index >= 15 is 0 Å². The third kappa shape index (κ3) is 4.04. The molecule has 0 heterocycles. The van der Waals surface area contributed by atoms with Crippen molar-refractivity contribution >= 4 is 5.78 Å². The van der Waals surface area contributed by atoms with Crippen molar-refractivity contribution in [3.63, 3.8) is 0 Å². The molecule has 100 valence electrons. The van der Waals surface area contributed by atoms with Gasteiger partial charge in [-0.1, -0.05) is 0 Å². The lowest BCUT2D eigenvalue weighted by molar-refractivity contribution is -0.116. The van der Waals surface area contributed by atoms with Crippen LogP contribution in [0.3, 0.4) is 0 Å². The molecule has 4 heteroatoms. The highest BCUT2D eigenvalue weighted by molar-refractivity contribution is 5.75. The molecule has 1 N–H and O–H groups in total. The van der Waals surface area contributed by atoms with Crippen molar-refractivity contribution in [1.82, 2.24) is 5.32 Å². The summed E-state index contributed by atoms with van der Waals surface area (Å²) < 4.78 is 10.6. The zero-order chi connectivity index (χ0) is 13.5. The Bertz CT molecular complexity index is 416. The number of ether oxygens (including phenoxy) is 2. The van der Waals surface area contributed by atoms with Crippen LogP contribution in [0.5, 0.6) is 11.5 Å². The van der Waals surface area contributed by atoms with Crippen molar-refractivity contribution in [2.75, 3.05) is 20.8 Å². The molecule has 0 fully saturated rings. The zero-order valence-electron chi connectivity index (χ0n) is 11.5. The minimum Gasteiger partial charge on any atom is -0.497 e. The van der Waals surface area contributed by atoms with Crippen LogP contribution in [0.25, 0.3) is 0 Å². The highest BCUT2D eigenvalue weighted by atomic mass is 16.5. The number of methoxy groups -OCH3 is 2. The lowest BCUT2D eigenvalue weighted by Gasteiger charge is -2.14. The lowest BCUT2D eigenvalue weighted by Crippen LogP contribution is -2.18. The van der Waals surface area contributed by atoms with E-state index in [0.717, 1.165) is 22.6 Å². The fourth-order valence-corrected chi connectivity index (χ4v) is 1.76. The maximum atomic E-state index is 10.8. The first-order valence-electron chi connectivity index (χ1n) is 6.00. The number of Topliss-reactive ketones (excluding diaryl/α,β-unsaturated/α-hetero) is 1. The van der Waals surface area contributed by atoms with Crippen LogP contribution in [0.1, 0.15) is 24.5 Å². The van der Waals surface area contributed by atoms with Gasteiger partial charge in [-0.25, -0.2) is 0 Å². The molecule has 0 atom stereocenters. The molecule has 0 saturated carbocycles. The van der Waals surface area contributed by atoms with Crippen molar-refractivity contribution < 1.29 is 14.3 Å². The van der Waals surface area contributed by atoms with Crippen molar-refractivity contribution in [2.45, 2.75) is 26.8 Å². The van der Waals surface area contributed by atoms with Gasteiger partial charge in [0.1, 0.15) is 17.3 Å². The van der Waals surface area contributed by atoms with E-state index in [1.807, 2.05) is 19.1 Å². The minimum atomic E-state index is 0.195. The lowest BCUT2D eigenvalue weighted by atomic mass is 10.1. The largest absolute Gasteiger partial charge is 0.497 e. The predicted octanol–water partition coefficient (Wildman–Crippen LogP) is 2.08. The van der Waals surface area contributed by atoms with Crippen LogP contribution in [-0.4, -0.2) is 26.5 Å². The van der Waals surface area contributed by atoms with Gasteiger partial charge in [0.25, 0.3) is 0 Å². The second-order valence-electron chi connectivity index (χ2n) is 4.25. The van der Waals surface area contributed by atoms with Crippen molar-refractivity contribution in [3.05, 3.63) is 23.3 Å². The molecule has 0 aliphatic rings. The molecule has 4 nitrogen and oxygen atoms in total. The van der Waals surface area contributed by atoms with E-state index in [0.29, 0.717) is 19.5 Å². The number of aryl methyl sites for hydroxylation is 1. The van der Waals surface area contributed by atoms with Gasteiger partial charge in [-0.15, -0.1) is 0 Å². The summed E-state index contributed by atoms with van der Waals surface area (Å²) in [5, 5.41) is 3.24. The van der Waals surface area contributed by atoms with E-state index in [4.69, 9.17) is 9.47 Å². The first-order chi connectivity index (χ1) is 8.58. The van der Waals surface area contributed by atoms with Crippen LogP contribution in [0.15, 0.2) is 12.1 Å². The summed E-state index contributed by atoms with van der Waals surface area (Å²) in [6.45, 7) is 4.99. The Morgan fingerprint density at radius 2 is 2.00 bits per heavy atom. The van der Waals surface area contributed by atoms with E-state index in [1.54, 1.807) is 21.1 Å². The summed E-state index contributed by atoms with van der Waals surface area (Å²) in [7, 11) is 3.28. The minimum absolute atomic E-state index is 0.195. The highest BCUT2D eigenvalue weighted by Crippen LogP contribution is 2.28. The third-order valence-corrected chi connectivity index (χ3v) is 2.82. The molecule has 0 aromatic heterocycles. The Labute approximate surface area is 108 Å². The van der Waals surface area contributed by atoms with E-state index in [1.165, 1.54) is 0 Å². The number of carbonyl (C=O) groups is 1. The smallest absolute Gasteiger partial charge is 0.131 e. The Morgan fingerprint density at radius 1 is 1.28 bits per heavy atom. The second-order valence-corrected chi connectivity index (χ2v) is 4.25. The van der Waals surface area contributed by atoms with E-state index in [2.05, 4.69) is 5.32 Å². The summed E-state index contributed by atoms with van der Waals surface area (Å²) in [6, 6.07) is 3.85. The number of hydrogen-bond acceptors (Lipinski definition) is 4. The summed E-state index contributed by atoms with van der Waals surface area (Å²) in [5.74, 6) is 1.79. The van der Waals surface area contributed by atoms with Crippen LogP contribution < -0.4 is 14.8 Å². The molecule has 1 aromatic carbocycles. The topological polar surface area (TPSA) is 47.6 Å². The molecule has 18 heavy (non-hydrogen) atoms. The highest BCUT2D eigenvalue weighted by Gasteiger charge is 2.09. The van der Waals surface area contributed by atoms with Gasteiger partial charge in [0.2, 0.25) is 0 Å². The second kappa shape index (κ2) is 7.01. The van der Waals surface area contributed by atoms with Gasteiger partial charge >= 0.3 is 0 Å². The summed E-state index contributed by atoms with van der Waals surface area (Å²) in [5.41, 5.74) is 2.21. The Hall–Kier alpha value is -1.55. The first-order valence-corrected chi connectivity index (χ1v) is 6.00. The molecular formula is C14H21NO3. The Balaban J connectivity index is 2.72. The number of carbonyl (C=O) groups excluding carboxylic acids is 1. The molecule has 0 aliphatic carbocycles. The van der Waals surface area contributed by atoms with Crippen LogP contribution >= 0.6 is 0 Å². The maximum absolute atomic E-state index is 10.8. The Kier molecular flexibility index (Phi) is 5.65. The van der Waals surface area contributed by atoms with Gasteiger partial charge in [-0.3, -0.25) is 4.79 Å². The monoisotopic (exact) mass is 251 g/mol. The fourth-order valence-electron chi connectivity index (χ4n) is 1.76. The van der Waals surface area contributed by atoms with Crippen molar-refractivity contribution in [2.24, 2.45) is 0 Å². The van der Waals surface area contributed by atoms with E-state index < -0.39 is 0 Å². The average Bonchev–Trinajstić information content (AvgIpc) is 2.34. The van der Waals surface area contributed by atoms with Crippen molar-refractivity contribution in [3.8, 4) is 11.5 Å². The molecule has 0 spiro atoms. The van der Waals surface area contributed by atoms with Crippen LogP contribution in [-0.2, 0) is 11.3 Å². The van der Waals surface area contributed by atoms with Gasteiger partial charge < -0.3 is 14.8 Å². The molecule has 0 unspecified atom stereocenters. The fraction of sp³-hybridized carbons (Fsp3) is 0.500. The first kappa shape index (κ1) is 14.5. The molecule has 0 bridgehead atoms. The number of hydrogen-bond donors (Lipinski definition) is 1. The maximum Gasteiger partial charge on any atom is 0.131 e. The summed E-state index contributed by atoms with van der Waals surface area (Å²) >= 11 is 0. The van der Waals surface area contributed by atoms with Gasteiger partial charge in [0.05, 0.1) is 14.2 Å². The molecular weight excluding hydrogens is 230 g/mol. The molecule has 1 aromatic rings. The third-order valence-electron chi connectivity index (χ3n) is 2.82. The molecule has 0 aliphatic heterocycles. The summed E-state index contributed by atoms with van der Waals surface area (Å²) in [4.78, 5) is 10.8. The summed E-state index contributed by atoms with van der Waals surface area (Å²) in [6.07, 6.45) is 0.553. The quantitative estimate of drug-likeness (QED) is 0.754. The van der Waals surface area contributed by atoms with Gasteiger partial charge in [0, 0.05) is 31.1 Å². The number of nitrogens with one attached hydrogen (secondary N) is 1. The van der Waals surface area contributed by atoms with Gasteiger partial charge in [-0.2, -0.15) is 0 Å². The zero-order valence-corrected chi connectivity index (χ0v) is 11.5. The predicted molar refractivity (Wildman–Crippen MR) is 71.3 cm³/mol. The van der Waals surface area contributed by atoms with E-state index in [9.17, 15) is 4.79 Å². The van der Waals surface area contributed by atoms with Crippen LogP contribution in [0.2, 0.25) is 0 Å². The molecule has 0 saturated heterocycles. The Morgan fingerprint density at radius 3 is 2.56 bits per heavy atom. The average molecular weight is 251 g/mol. The normalized spacial score (nSPS) is 10.2. The molecule has 1 rings (SSSR count). The number of rotatable bonds is 7. The SMILES string of the molecule is COc1cc(C)c(CNCCC(C)=O)c(OC)c1. The van der Waals surface area contributed by atoms with Crippen LogP contribution in [0.4, 0.5) is 0 Å². The standard InChI is InChI=1S/C14H21NO3/c1-10-7-12(17-3)8-14(18-4)13(10)9-15-6-5-11(2)16/h7-8,15H,5-6,9H2,1-4H3. The van der Waals surface area contributed by atoms with Crippen molar-refractivity contribution in [1.29, 1.82) is 0 Å². The van der Waals surface area contributed by atoms with E-state index in [-0.39, 0.29) is 5.78 Å². The molecule has 0 amide bonds.